The number of carboxylic acid groups (broad SMARTS) is 1. The van der Waals surface area contributed by atoms with E-state index in [-0.39, 0.29) is 11.1 Å². The van der Waals surface area contributed by atoms with Crippen LogP contribution in [-0.2, 0) is 9.53 Å². The summed E-state index contributed by atoms with van der Waals surface area (Å²) < 4.78 is 11.1. The molecule has 2 unspecified atom stereocenters. The second kappa shape index (κ2) is 9.40. The Morgan fingerprint density at radius 2 is 1.37 bits per heavy atom. The number of nitrogens with one attached hydrogen (secondary N) is 1. The molecule has 186 valence electrons. The number of fused-ring (bicyclic) bond motifs is 1. The quantitative estimate of drug-likeness (QED) is 0.592. The van der Waals surface area contributed by atoms with Gasteiger partial charge in [-0.1, -0.05) is 24.3 Å². The predicted molar refractivity (Wildman–Crippen MR) is 127 cm³/mol. The largest absolute Gasteiger partial charge is 0.488 e. The van der Waals surface area contributed by atoms with Gasteiger partial charge in [-0.2, -0.15) is 0 Å². The minimum Gasteiger partial charge on any atom is -0.488 e. The van der Waals surface area contributed by atoms with E-state index in [2.05, 4.69) is 5.32 Å². The number of ether oxygens (including phenoxy) is 2. The van der Waals surface area contributed by atoms with Crippen molar-refractivity contribution < 1.29 is 33.8 Å². The van der Waals surface area contributed by atoms with E-state index in [1.807, 2.05) is 20.8 Å². The first-order valence-electron chi connectivity index (χ1n) is 11.2. The molecule has 1 heterocycles. The molecule has 0 aromatic heterocycles. The highest BCUT2D eigenvalue weighted by Crippen LogP contribution is 2.35. The van der Waals surface area contributed by atoms with Crippen molar-refractivity contribution >= 4 is 23.9 Å². The van der Waals surface area contributed by atoms with Gasteiger partial charge in [0.1, 0.15) is 17.0 Å². The van der Waals surface area contributed by atoms with Gasteiger partial charge in [0, 0.05) is 0 Å². The zero-order chi connectivity index (χ0) is 26.1. The van der Waals surface area contributed by atoms with E-state index in [4.69, 9.17) is 9.47 Å². The van der Waals surface area contributed by atoms with Crippen molar-refractivity contribution in [3.8, 4) is 5.75 Å². The standard InChI is InChI=1S/C26H30N2O7/c1-25(2,3)34-16-13-11-15(12-14-16)20(19(23(31)32)27-24(33)35-26(4,5)6)28-21(29)17-9-7-8-10-18(17)22(28)30/h7-14,19-20H,1-6H3,(H,27,33)(H,31,32). The molecule has 0 radical (unpaired) electrons. The predicted octanol–water partition coefficient (Wildman–Crippen LogP) is 4.18. The van der Waals surface area contributed by atoms with Gasteiger partial charge >= 0.3 is 12.1 Å². The van der Waals surface area contributed by atoms with Crippen LogP contribution in [0.1, 0.15) is 73.9 Å². The molecule has 1 aliphatic heterocycles. The summed E-state index contributed by atoms with van der Waals surface area (Å²) in [6, 6.07) is 9.61. The van der Waals surface area contributed by atoms with E-state index in [0.29, 0.717) is 11.3 Å². The first-order valence-corrected chi connectivity index (χ1v) is 11.2. The number of amides is 3. The summed E-state index contributed by atoms with van der Waals surface area (Å²) in [5.41, 5.74) is -0.701. The highest BCUT2D eigenvalue weighted by atomic mass is 16.6. The van der Waals surface area contributed by atoms with Crippen LogP contribution in [0.5, 0.6) is 5.75 Å². The van der Waals surface area contributed by atoms with Crippen LogP contribution in [0, 0.1) is 0 Å². The molecular weight excluding hydrogens is 452 g/mol. The van der Waals surface area contributed by atoms with Crippen molar-refractivity contribution in [2.24, 2.45) is 0 Å². The third kappa shape index (κ3) is 5.98. The van der Waals surface area contributed by atoms with Crippen molar-refractivity contribution in [3.05, 3.63) is 65.2 Å². The number of aliphatic carboxylic acids is 1. The molecule has 0 saturated heterocycles. The SMILES string of the molecule is CC(C)(C)OC(=O)NC(C(=O)O)C(c1ccc(OC(C)(C)C)cc1)N1C(=O)c2ccccc2C1=O. The second-order valence-corrected chi connectivity index (χ2v) is 10.2. The number of rotatable bonds is 6. The molecule has 3 amide bonds. The summed E-state index contributed by atoms with van der Waals surface area (Å²) in [6.45, 7) is 10.6. The first-order chi connectivity index (χ1) is 16.2. The Labute approximate surface area is 204 Å². The molecule has 3 rings (SSSR count). The smallest absolute Gasteiger partial charge is 0.408 e. The van der Waals surface area contributed by atoms with Gasteiger partial charge in [-0.15, -0.1) is 0 Å². The normalized spacial score (nSPS) is 15.3. The van der Waals surface area contributed by atoms with E-state index in [0.717, 1.165) is 4.90 Å². The van der Waals surface area contributed by atoms with Crippen molar-refractivity contribution in [2.75, 3.05) is 0 Å². The maximum absolute atomic E-state index is 13.3. The fourth-order valence-corrected chi connectivity index (χ4v) is 3.75. The van der Waals surface area contributed by atoms with Gasteiger partial charge in [-0.25, -0.2) is 9.59 Å². The molecule has 2 aromatic carbocycles. The first kappa shape index (κ1) is 25.7. The Hall–Kier alpha value is -3.88. The lowest BCUT2D eigenvalue weighted by Crippen LogP contribution is -2.53. The van der Waals surface area contributed by atoms with Gasteiger partial charge < -0.3 is 19.9 Å². The minimum absolute atomic E-state index is 0.164. The Kier molecular flexibility index (Phi) is 6.91. The van der Waals surface area contributed by atoms with Gasteiger partial charge in [-0.05, 0) is 71.4 Å². The van der Waals surface area contributed by atoms with Crippen LogP contribution in [0.15, 0.2) is 48.5 Å². The summed E-state index contributed by atoms with van der Waals surface area (Å²) in [5.74, 6) is -2.22. The Balaban J connectivity index is 2.06. The molecule has 0 bridgehead atoms. The molecular formula is C26H30N2O7. The third-order valence-corrected chi connectivity index (χ3v) is 5.00. The number of benzene rings is 2. The summed E-state index contributed by atoms with van der Waals surface area (Å²) in [6.07, 6.45) is -0.987. The lowest BCUT2D eigenvalue weighted by atomic mass is 9.97. The molecule has 2 aromatic rings. The Morgan fingerprint density at radius 3 is 1.80 bits per heavy atom. The van der Waals surface area contributed by atoms with Crippen molar-refractivity contribution in [2.45, 2.75) is 64.8 Å². The average molecular weight is 483 g/mol. The maximum Gasteiger partial charge on any atom is 0.408 e. The number of hydrogen-bond acceptors (Lipinski definition) is 6. The summed E-state index contributed by atoms with van der Waals surface area (Å²) in [4.78, 5) is 52.3. The summed E-state index contributed by atoms with van der Waals surface area (Å²) in [7, 11) is 0. The number of carboxylic acids is 1. The molecule has 2 N–H and O–H groups in total. The highest BCUT2D eigenvalue weighted by molar-refractivity contribution is 6.21. The summed E-state index contributed by atoms with van der Waals surface area (Å²) >= 11 is 0. The number of imide groups is 1. The van der Waals surface area contributed by atoms with Crippen LogP contribution in [0.2, 0.25) is 0 Å². The van der Waals surface area contributed by atoms with Gasteiger partial charge in [0.15, 0.2) is 6.04 Å². The molecule has 1 aliphatic rings. The lowest BCUT2D eigenvalue weighted by molar-refractivity contribution is -0.141. The molecule has 0 fully saturated rings. The number of nitrogens with zero attached hydrogens (tertiary/aromatic N) is 1. The second-order valence-electron chi connectivity index (χ2n) is 10.2. The molecule has 2 atom stereocenters. The molecule has 35 heavy (non-hydrogen) atoms. The van der Waals surface area contributed by atoms with Crippen molar-refractivity contribution in [3.63, 3.8) is 0 Å². The fraction of sp³-hybridized carbons (Fsp3) is 0.385. The van der Waals surface area contributed by atoms with E-state index < -0.39 is 47.2 Å². The monoisotopic (exact) mass is 482 g/mol. The summed E-state index contributed by atoms with van der Waals surface area (Å²) in [5, 5.41) is 12.4. The Bertz CT molecular complexity index is 1110. The topological polar surface area (TPSA) is 122 Å². The van der Waals surface area contributed by atoms with Crippen LogP contribution < -0.4 is 10.1 Å². The van der Waals surface area contributed by atoms with Gasteiger partial charge in [0.05, 0.1) is 17.2 Å². The van der Waals surface area contributed by atoms with Crippen LogP contribution in [-0.4, -0.2) is 51.1 Å². The molecule has 0 spiro atoms. The van der Waals surface area contributed by atoms with Crippen LogP contribution in [0.25, 0.3) is 0 Å². The zero-order valence-corrected chi connectivity index (χ0v) is 20.6. The molecule has 0 aliphatic carbocycles. The van der Waals surface area contributed by atoms with E-state index >= 15 is 0 Å². The maximum atomic E-state index is 13.3. The molecule has 9 nitrogen and oxygen atoms in total. The van der Waals surface area contributed by atoms with Crippen LogP contribution in [0.4, 0.5) is 4.79 Å². The third-order valence-electron chi connectivity index (χ3n) is 5.00. The zero-order valence-electron chi connectivity index (χ0n) is 20.6. The number of alkyl carbamates (subject to hydrolysis) is 1. The van der Waals surface area contributed by atoms with E-state index in [1.165, 1.54) is 12.1 Å². The lowest BCUT2D eigenvalue weighted by Gasteiger charge is -2.32. The fourth-order valence-electron chi connectivity index (χ4n) is 3.75. The molecule has 9 heteroatoms. The Morgan fingerprint density at radius 1 is 0.857 bits per heavy atom. The van der Waals surface area contributed by atoms with E-state index in [9.17, 15) is 24.3 Å². The van der Waals surface area contributed by atoms with Gasteiger partial charge in [0.25, 0.3) is 11.8 Å². The number of carbonyl (C=O) groups is 4. The van der Waals surface area contributed by atoms with Gasteiger partial charge in [0.2, 0.25) is 0 Å². The molecule has 0 saturated carbocycles. The van der Waals surface area contributed by atoms with Crippen LogP contribution in [0.3, 0.4) is 0 Å². The van der Waals surface area contributed by atoms with Crippen molar-refractivity contribution in [1.29, 1.82) is 0 Å². The van der Waals surface area contributed by atoms with Crippen molar-refractivity contribution in [1.82, 2.24) is 10.2 Å². The van der Waals surface area contributed by atoms with Gasteiger partial charge in [-0.3, -0.25) is 14.5 Å². The van der Waals surface area contributed by atoms with Crippen LogP contribution >= 0.6 is 0 Å². The van der Waals surface area contributed by atoms with E-state index in [1.54, 1.807) is 57.2 Å². The number of hydrogen-bond donors (Lipinski definition) is 2. The minimum atomic E-state index is -1.68. The number of carbonyl (C=O) groups excluding carboxylic acids is 3. The average Bonchev–Trinajstić information content (AvgIpc) is 2.97. The highest BCUT2D eigenvalue weighted by Gasteiger charge is 2.46.